The molecule has 1 unspecified atom stereocenters. The summed E-state index contributed by atoms with van der Waals surface area (Å²) >= 11 is 0. The maximum atomic E-state index is 12.5. The van der Waals surface area contributed by atoms with E-state index in [0.717, 1.165) is 25.9 Å². The Balaban J connectivity index is 2.08. The fourth-order valence-electron chi connectivity index (χ4n) is 2.60. The number of pyridine rings is 1. The number of amides is 1. The Bertz CT molecular complexity index is 543. The molecule has 1 fully saturated rings. The van der Waals surface area contributed by atoms with Crippen LogP contribution < -0.4 is 0 Å². The van der Waals surface area contributed by atoms with E-state index < -0.39 is 0 Å². The molecule has 112 valence electrons. The Morgan fingerprint density at radius 2 is 2.33 bits per heavy atom. The highest BCUT2D eigenvalue weighted by atomic mass is 16.2. The minimum Gasteiger partial charge on any atom is -0.384 e. The third-order valence-electron chi connectivity index (χ3n) is 3.51. The van der Waals surface area contributed by atoms with Gasteiger partial charge in [-0.15, -0.1) is 0 Å². The van der Waals surface area contributed by atoms with Crippen molar-refractivity contribution in [2.45, 2.75) is 18.9 Å². The zero-order chi connectivity index (χ0) is 15.2. The van der Waals surface area contributed by atoms with E-state index in [-0.39, 0.29) is 18.6 Å². The number of aliphatic hydroxyl groups is 1. The molecule has 1 aromatic heterocycles. The van der Waals surface area contributed by atoms with Crippen LogP contribution in [-0.2, 0) is 0 Å². The zero-order valence-corrected chi connectivity index (χ0v) is 12.5. The molecular formula is C16H21N3O2. The van der Waals surface area contributed by atoms with Crippen molar-refractivity contribution in [3.05, 3.63) is 29.6 Å². The van der Waals surface area contributed by atoms with E-state index in [4.69, 9.17) is 5.11 Å². The van der Waals surface area contributed by atoms with Gasteiger partial charge in [0.05, 0.1) is 0 Å². The van der Waals surface area contributed by atoms with E-state index in [1.54, 1.807) is 18.3 Å². The van der Waals surface area contributed by atoms with E-state index >= 15 is 0 Å². The first-order valence-electron chi connectivity index (χ1n) is 7.13. The molecule has 0 saturated carbocycles. The lowest BCUT2D eigenvalue weighted by molar-refractivity contribution is 0.0710. The van der Waals surface area contributed by atoms with Crippen molar-refractivity contribution in [1.82, 2.24) is 14.8 Å². The fraction of sp³-hybridized carbons (Fsp3) is 0.500. The van der Waals surface area contributed by atoms with Gasteiger partial charge in [0.1, 0.15) is 12.3 Å². The van der Waals surface area contributed by atoms with Gasteiger partial charge in [0.2, 0.25) is 0 Å². The second-order valence-electron chi connectivity index (χ2n) is 5.45. The quantitative estimate of drug-likeness (QED) is 0.827. The number of aromatic nitrogens is 1. The Hall–Kier alpha value is -1.90. The first-order chi connectivity index (χ1) is 10.1. The van der Waals surface area contributed by atoms with Crippen LogP contribution in [0.5, 0.6) is 0 Å². The van der Waals surface area contributed by atoms with E-state index in [1.807, 2.05) is 19.0 Å². The summed E-state index contributed by atoms with van der Waals surface area (Å²) in [5.74, 6) is 5.32. The van der Waals surface area contributed by atoms with Crippen LogP contribution in [0.15, 0.2) is 18.3 Å². The van der Waals surface area contributed by atoms with Gasteiger partial charge in [-0.3, -0.25) is 4.79 Å². The van der Waals surface area contributed by atoms with Gasteiger partial charge in [0.15, 0.2) is 0 Å². The summed E-state index contributed by atoms with van der Waals surface area (Å²) in [6.45, 7) is 1.50. The first kappa shape index (κ1) is 15.5. The number of aliphatic hydroxyl groups excluding tert-OH is 1. The van der Waals surface area contributed by atoms with Crippen molar-refractivity contribution in [3.8, 4) is 11.8 Å². The van der Waals surface area contributed by atoms with Crippen LogP contribution in [-0.4, -0.2) is 65.6 Å². The Labute approximate surface area is 125 Å². The summed E-state index contributed by atoms with van der Waals surface area (Å²) in [6, 6.07) is 3.73. The van der Waals surface area contributed by atoms with Crippen LogP contribution in [0.2, 0.25) is 0 Å². The summed E-state index contributed by atoms with van der Waals surface area (Å²) in [5, 5.41) is 8.66. The van der Waals surface area contributed by atoms with Crippen LogP contribution in [0.1, 0.15) is 28.9 Å². The minimum atomic E-state index is -0.180. The monoisotopic (exact) mass is 287 g/mol. The van der Waals surface area contributed by atoms with Gasteiger partial charge in [0.25, 0.3) is 5.91 Å². The lowest BCUT2D eigenvalue weighted by atomic mass is 10.2. The molecule has 0 bridgehead atoms. The van der Waals surface area contributed by atoms with Crippen LogP contribution in [0.4, 0.5) is 0 Å². The van der Waals surface area contributed by atoms with E-state index in [1.165, 1.54) is 0 Å². The molecule has 1 saturated heterocycles. The molecule has 1 aliphatic heterocycles. The maximum Gasteiger partial charge on any atom is 0.272 e. The highest BCUT2D eigenvalue weighted by molar-refractivity contribution is 5.92. The number of likely N-dealkylation sites (N-methyl/N-ethyl adjacent to an activating group) is 1. The molecule has 0 aliphatic carbocycles. The molecule has 1 amide bonds. The number of hydrogen-bond acceptors (Lipinski definition) is 4. The van der Waals surface area contributed by atoms with Gasteiger partial charge >= 0.3 is 0 Å². The third-order valence-corrected chi connectivity index (χ3v) is 3.51. The number of likely N-dealkylation sites (tertiary alicyclic amines) is 1. The SMILES string of the molecule is CN(C)CC1CCCN1C(=O)c1ccc(C#CCO)cn1. The average molecular weight is 287 g/mol. The van der Waals surface area contributed by atoms with Gasteiger partial charge in [-0.1, -0.05) is 11.8 Å². The molecule has 5 nitrogen and oxygen atoms in total. The van der Waals surface area contributed by atoms with Crippen molar-refractivity contribution in [3.63, 3.8) is 0 Å². The van der Waals surface area contributed by atoms with E-state index in [9.17, 15) is 4.79 Å². The van der Waals surface area contributed by atoms with Gasteiger partial charge in [-0.25, -0.2) is 4.98 Å². The maximum absolute atomic E-state index is 12.5. The topological polar surface area (TPSA) is 56.7 Å². The van der Waals surface area contributed by atoms with E-state index in [0.29, 0.717) is 11.3 Å². The van der Waals surface area contributed by atoms with Crippen molar-refractivity contribution < 1.29 is 9.90 Å². The zero-order valence-electron chi connectivity index (χ0n) is 12.5. The van der Waals surface area contributed by atoms with Crippen molar-refractivity contribution in [2.75, 3.05) is 33.8 Å². The Morgan fingerprint density at radius 3 is 2.95 bits per heavy atom. The molecule has 0 spiro atoms. The predicted octanol–water partition coefficient (Wildman–Crippen LogP) is 0.592. The van der Waals surface area contributed by atoms with Crippen LogP contribution in [0.25, 0.3) is 0 Å². The summed E-state index contributed by atoms with van der Waals surface area (Å²) in [5.41, 5.74) is 1.15. The molecule has 0 radical (unpaired) electrons. The van der Waals surface area contributed by atoms with Crippen molar-refractivity contribution in [1.29, 1.82) is 0 Å². The molecule has 21 heavy (non-hydrogen) atoms. The summed E-state index contributed by atoms with van der Waals surface area (Å²) in [7, 11) is 4.04. The normalized spacial score (nSPS) is 17.7. The number of carbonyl (C=O) groups is 1. The number of rotatable bonds is 3. The van der Waals surface area contributed by atoms with Gasteiger partial charge in [-0.2, -0.15) is 0 Å². The predicted molar refractivity (Wildman–Crippen MR) is 80.8 cm³/mol. The highest BCUT2D eigenvalue weighted by Gasteiger charge is 2.30. The second-order valence-corrected chi connectivity index (χ2v) is 5.45. The fourth-order valence-corrected chi connectivity index (χ4v) is 2.60. The Morgan fingerprint density at radius 1 is 1.52 bits per heavy atom. The smallest absolute Gasteiger partial charge is 0.272 e. The second kappa shape index (κ2) is 7.21. The lowest BCUT2D eigenvalue weighted by Gasteiger charge is -2.26. The van der Waals surface area contributed by atoms with Gasteiger partial charge < -0.3 is 14.9 Å². The molecular weight excluding hydrogens is 266 g/mol. The van der Waals surface area contributed by atoms with Crippen LogP contribution >= 0.6 is 0 Å². The van der Waals surface area contributed by atoms with Crippen molar-refractivity contribution >= 4 is 5.91 Å². The first-order valence-corrected chi connectivity index (χ1v) is 7.13. The van der Waals surface area contributed by atoms with Gasteiger partial charge in [0, 0.05) is 30.9 Å². The summed E-state index contributed by atoms with van der Waals surface area (Å²) in [4.78, 5) is 20.8. The number of nitrogens with zero attached hydrogens (tertiary/aromatic N) is 3. The molecule has 0 aromatic carbocycles. The average Bonchev–Trinajstić information content (AvgIpc) is 2.92. The van der Waals surface area contributed by atoms with Crippen LogP contribution in [0, 0.1) is 11.8 Å². The number of carbonyl (C=O) groups excluding carboxylic acids is 1. The van der Waals surface area contributed by atoms with E-state index in [2.05, 4.69) is 21.7 Å². The van der Waals surface area contributed by atoms with Crippen LogP contribution in [0.3, 0.4) is 0 Å². The molecule has 1 aliphatic rings. The molecule has 1 aromatic rings. The molecule has 1 N–H and O–H groups in total. The Kier molecular flexibility index (Phi) is 5.32. The largest absolute Gasteiger partial charge is 0.384 e. The lowest BCUT2D eigenvalue weighted by Crippen LogP contribution is -2.41. The van der Waals surface area contributed by atoms with Gasteiger partial charge in [-0.05, 0) is 39.1 Å². The standard InChI is InChI=1S/C16H21N3O2/c1-18(2)12-14-6-3-9-19(14)16(21)15-8-7-13(11-17-15)5-4-10-20/h7-8,11,14,20H,3,6,9-10,12H2,1-2H3. The highest BCUT2D eigenvalue weighted by Crippen LogP contribution is 2.20. The minimum absolute atomic E-state index is 0.0129. The number of hydrogen-bond donors (Lipinski definition) is 1. The van der Waals surface area contributed by atoms with Crippen molar-refractivity contribution in [2.24, 2.45) is 0 Å². The molecule has 2 heterocycles. The summed E-state index contributed by atoms with van der Waals surface area (Å²) < 4.78 is 0. The molecule has 1 atom stereocenters. The summed E-state index contributed by atoms with van der Waals surface area (Å²) in [6.07, 6.45) is 3.67. The molecule has 2 rings (SSSR count). The third kappa shape index (κ3) is 4.03. The molecule has 5 heteroatoms.